The third kappa shape index (κ3) is 4.24. The number of nitrogens with zero attached hydrogens (tertiary/aromatic N) is 1. The Morgan fingerprint density at radius 1 is 1.21 bits per heavy atom. The molecule has 0 bridgehead atoms. The fourth-order valence-electron chi connectivity index (χ4n) is 3.44. The molecule has 1 fully saturated rings. The molecule has 1 amide bonds. The number of halogens is 1. The van der Waals surface area contributed by atoms with E-state index in [0.29, 0.717) is 25.1 Å². The first kappa shape index (κ1) is 20.8. The SMILES string of the molecule is COc1ccccc1[C@@H](C)NC(=O)[C@H]1CCCN1S(=O)(=O)c1ccc(Br)cc1. The van der Waals surface area contributed by atoms with Crippen LogP contribution in [0.5, 0.6) is 5.75 Å². The van der Waals surface area contributed by atoms with Crippen LogP contribution < -0.4 is 10.1 Å². The smallest absolute Gasteiger partial charge is 0.243 e. The largest absolute Gasteiger partial charge is 0.496 e. The van der Waals surface area contributed by atoms with Gasteiger partial charge in [0.15, 0.2) is 0 Å². The van der Waals surface area contributed by atoms with Crippen molar-refractivity contribution in [2.75, 3.05) is 13.7 Å². The van der Waals surface area contributed by atoms with E-state index in [0.717, 1.165) is 10.0 Å². The van der Waals surface area contributed by atoms with Crippen molar-refractivity contribution in [1.82, 2.24) is 9.62 Å². The molecule has 3 rings (SSSR count). The Balaban J connectivity index is 1.78. The molecule has 2 aromatic carbocycles. The molecule has 28 heavy (non-hydrogen) atoms. The number of hydrogen-bond donors (Lipinski definition) is 1. The maximum Gasteiger partial charge on any atom is 0.243 e. The van der Waals surface area contributed by atoms with E-state index in [1.807, 2.05) is 31.2 Å². The van der Waals surface area contributed by atoms with Crippen LogP contribution in [-0.4, -0.2) is 38.3 Å². The van der Waals surface area contributed by atoms with Gasteiger partial charge in [-0.15, -0.1) is 0 Å². The zero-order valence-electron chi connectivity index (χ0n) is 15.8. The van der Waals surface area contributed by atoms with Crippen LogP contribution in [0.4, 0.5) is 0 Å². The molecule has 1 N–H and O–H groups in total. The second-order valence-corrected chi connectivity index (χ2v) is 9.51. The first-order valence-corrected chi connectivity index (χ1v) is 11.3. The number of ether oxygens (including phenoxy) is 1. The molecule has 0 aromatic heterocycles. The van der Waals surface area contributed by atoms with Gasteiger partial charge in [0.05, 0.1) is 18.0 Å². The molecule has 150 valence electrons. The molecule has 0 unspecified atom stereocenters. The molecule has 1 aliphatic heterocycles. The summed E-state index contributed by atoms with van der Waals surface area (Å²) in [6, 6.07) is 12.9. The van der Waals surface area contributed by atoms with Crippen LogP contribution in [0.3, 0.4) is 0 Å². The summed E-state index contributed by atoms with van der Waals surface area (Å²) in [4.78, 5) is 13.1. The van der Waals surface area contributed by atoms with E-state index in [1.165, 1.54) is 4.31 Å². The zero-order valence-corrected chi connectivity index (χ0v) is 18.2. The van der Waals surface area contributed by atoms with Gasteiger partial charge in [-0.25, -0.2) is 8.42 Å². The monoisotopic (exact) mass is 466 g/mol. The number of para-hydroxylation sites is 1. The fourth-order valence-corrected chi connectivity index (χ4v) is 5.36. The van der Waals surface area contributed by atoms with Crippen LogP contribution in [0.25, 0.3) is 0 Å². The molecule has 0 radical (unpaired) electrons. The Bertz CT molecular complexity index is 947. The van der Waals surface area contributed by atoms with Crippen molar-refractivity contribution in [2.45, 2.75) is 36.7 Å². The van der Waals surface area contributed by atoms with Gasteiger partial charge in [-0.05, 0) is 50.1 Å². The van der Waals surface area contributed by atoms with Crippen molar-refractivity contribution in [3.63, 3.8) is 0 Å². The molecule has 6 nitrogen and oxygen atoms in total. The zero-order chi connectivity index (χ0) is 20.3. The highest BCUT2D eigenvalue weighted by Gasteiger charge is 2.39. The normalized spacial score (nSPS) is 18.6. The third-order valence-corrected chi connectivity index (χ3v) is 7.34. The molecule has 2 atom stereocenters. The van der Waals surface area contributed by atoms with E-state index in [9.17, 15) is 13.2 Å². The Morgan fingerprint density at radius 3 is 2.57 bits per heavy atom. The Morgan fingerprint density at radius 2 is 1.89 bits per heavy atom. The average molecular weight is 467 g/mol. The van der Waals surface area contributed by atoms with Crippen LogP contribution in [0.15, 0.2) is 57.9 Å². The highest BCUT2D eigenvalue weighted by molar-refractivity contribution is 9.10. The predicted molar refractivity (Wildman–Crippen MR) is 111 cm³/mol. The third-order valence-electron chi connectivity index (χ3n) is 4.89. The molecule has 2 aromatic rings. The van der Waals surface area contributed by atoms with E-state index >= 15 is 0 Å². The topological polar surface area (TPSA) is 75.7 Å². The van der Waals surface area contributed by atoms with Crippen LogP contribution in [0.1, 0.15) is 31.4 Å². The summed E-state index contributed by atoms with van der Waals surface area (Å²) in [5.74, 6) is 0.387. The number of methoxy groups -OCH3 is 1. The average Bonchev–Trinajstić information content (AvgIpc) is 3.19. The van der Waals surface area contributed by atoms with Crippen molar-refractivity contribution in [3.05, 3.63) is 58.6 Å². The first-order valence-electron chi connectivity index (χ1n) is 9.05. The lowest BCUT2D eigenvalue weighted by Crippen LogP contribution is -2.46. The summed E-state index contributed by atoms with van der Waals surface area (Å²) in [7, 11) is -2.16. The second kappa shape index (κ2) is 8.63. The number of amides is 1. The summed E-state index contributed by atoms with van der Waals surface area (Å²) in [5.41, 5.74) is 0.846. The van der Waals surface area contributed by atoms with Crippen LogP contribution >= 0.6 is 15.9 Å². The van der Waals surface area contributed by atoms with Crippen molar-refractivity contribution in [3.8, 4) is 5.75 Å². The maximum atomic E-state index is 13.0. The number of benzene rings is 2. The van der Waals surface area contributed by atoms with Crippen molar-refractivity contribution >= 4 is 31.9 Å². The van der Waals surface area contributed by atoms with Gasteiger partial charge in [0.2, 0.25) is 15.9 Å². The highest BCUT2D eigenvalue weighted by atomic mass is 79.9. The maximum absolute atomic E-state index is 13.0. The van der Waals surface area contributed by atoms with E-state index < -0.39 is 16.1 Å². The van der Waals surface area contributed by atoms with Crippen molar-refractivity contribution in [1.29, 1.82) is 0 Å². The number of carbonyl (C=O) groups excluding carboxylic acids is 1. The Kier molecular flexibility index (Phi) is 6.42. The van der Waals surface area contributed by atoms with E-state index in [1.54, 1.807) is 31.4 Å². The Hall–Kier alpha value is -1.90. The van der Waals surface area contributed by atoms with Crippen LogP contribution in [0.2, 0.25) is 0 Å². The number of hydrogen-bond acceptors (Lipinski definition) is 4. The molecule has 1 saturated heterocycles. The van der Waals surface area contributed by atoms with Gasteiger partial charge in [-0.3, -0.25) is 4.79 Å². The quantitative estimate of drug-likeness (QED) is 0.706. The lowest BCUT2D eigenvalue weighted by atomic mass is 10.1. The number of nitrogens with one attached hydrogen (secondary N) is 1. The molecular weight excluding hydrogens is 444 g/mol. The lowest BCUT2D eigenvalue weighted by Gasteiger charge is -2.25. The van der Waals surface area contributed by atoms with Crippen LogP contribution in [-0.2, 0) is 14.8 Å². The van der Waals surface area contributed by atoms with E-state index in [2.05, 4.69) is 21.2 Å². The summed E-state index contributed by atoms with van der Waals surface area (Å²) in [5, 5.41) is 2.94. The van der Waals surface area contributed by atoms with Gasteiger partial charge in [-0.2, -0.15) is 4.31 Å². The van der Waals surface area contributed by atoms with Gasteiger partial charge < -0.3 is 10.1 Å². The number of carbonyl (C=O) groups is 1. The summed E-state index contributed by atoms with van der Waals surface area (Å²) < 4.78 is 33.5. The standard InChI is InChI=1S/C20H23BrN2O4S/c1-14(17-6-3-4-8-19(17)27-2)22-20(24)18-7-5-13-23(18)28(25,26)16-11-9-15(21)10-12-16/h3-4,6,8-12,14,18H,5,7,13H2,1-2H3,(H,22,24)/t14-,18-/m1/s1. The predicted octanol–water partition coefficient (Wildman–Crippen LogP) is 3.49. The summed E-state index contributed by atoms with van der Waals surface area (Å²) in [6.45, 7) is 2.19. The number of rotatable bonds is 6. The number of sulfonamides is 1. The van der Waals surface area contributed by atoms with Gasteiger partial charge in [0.1, 0.15) is 11.8 Å². The minimum absolute atomic E-state index is 0.188. The van der Waals surface area contributed by atoms with Gasteiger partial charge in [0, 0.05) is 16.6 Å². The van der Waals surface area contributed by atoms with Gasteiger partial charge in [0.25, 0.3) is 0 Å². The Labute approximate surface area is 174 Å². The fraction of sp³-hybridized carbons (Fsp3) is 0.350. The van der Waals surface area contributed by atoms with Crippen LogP contribution in [0, 0.1) is 0 Å². The molecule has 0 spiro atoms. The lowest BCUT2D eigenvalue weighted by molar-refractivity contribution is -0.124. The molecule has 1 heterocycles. The highest BCUT2D eigenvalue weighted by Crippen LogP contribution is 2.29. The van der Waals surface area contributed by atoms with E-state index in [4.69, 9.17) is 4.74 Å². The second-order valence-electron chi connectivity index (χ2n) is 6.70. The van der Waals surface area contributed by atoms with E-state index in [-0.39, 0.29) is 16.8 Å². The van der Waals surface area contributed by atoms with Crippen molar-refractivity contribution in [2.24, 2.45) is 0 Å². The van der Waals surface area contributed by atoms with Gasteiger partial charge in [-0.1, -0.05) is 34.1 Å². The molecule has 8 heteroatoms. The first-order chi connectivity index (χ1) is 13.3. The molecular formula is C20H23BrN2O4S. The van der Waals surface area contributed by atoms with Gasteiger partial charge >= 0.3 is 0 Å². The molecule has 0 saturated carbocycles. The summed E-state index contributed by atoms with van der Waals surface area (Å²) in [6.07, 6.45) is 1.15. The summed E-state index contributed by atoms with van der Waals surface area (Å²) >= 11 is 3.31. The minimum Gasteiger partial charge on any atom is -0.496 e. The molecule has 1 aliphatic rings. The minimum atomic E-state index is -3.74. The van der Waals surface area contributed by atoms with Crippen molar-refractivity contribution < 1.29 is 17.9 Å². The molecule has 0 aliphatic carbocycles.